The summed E-state index contributed by atoms with van der Waals surface area (Å²) >= 11 is 0. The minimum Gasteiger partial charge on any atom is -0.437 e. The first-order valence-electron chi connectivity index (χ1n) is 6.03. The van der Waals surface area contributed by atoms with Crippen LogP contribution in [0, 0.1) is 6.92 Å². The molecule has 0 radical (unpaired) electrons. The van der Waals surface area contributed by atoms with Crippen molar-refractivity contribution in [2.75, 3.05) is 0 Å². The van der Waals surface area contributed by atoms with E-state index in [9.17, 15) is 0 Å². The van der Waals surface area contributed by atoms with Crippen LogP contribution in [0.2, 0.25) is 0 Å². The molecule has 3 heteroatoms. The van der Waals surface area contributed by atoms with Crippen molar-refractivity contribution in [2.24, 2.45) is 0 Å². The van der Waals surface area contributed by atoms with Gasteiger partial charge in [-0.3, -0.25) is 0 Å². The summed E-state index contributed by atoms with van der Waals surface area (Å²) in [6.45, 7) is 8.64. The van der Waals surface area contributed by atoms with Crippen LogP contribution in [0.15, 0.2) is 36.5 Å². The molecule has 0 aliphatic heterocycles. The fourth-order valence-corrected chi connectivity index (χ4v) is 1.68. The topological polar surface area (TPSA) is 35.0 Å². The van der Waals surface area contributed by atoms with Gasteiger partial charge in [-0.1, -0.05) is 32.9 Å². The van der Waals surface area contributed by atoms with Gasteiger partial charge >= 0.3 is 0 Å². The first-order chi connectivity index (χ1) is 8.47. The Morgan fingerprint density at radius 3 is 2.44 bits per heavy atom. The molecule has 2 aromatic rings. The Kier molecular flexibility index (Phi) is 3.32. The molecular weight excluding hydrogens is 224 g/mol. The first-order valence-corrected chi connectivity index (χ1v) is 6.03. The van der Waals surface area contributed by atoms with E-state index >= 15 is 0 Å². The van der Waals surface area contributed by atoms with Crippen molar-refractivity contribution in [1.29, 1.82) is 0 Å². The van der Waals surface area contributed by atoms with E-state index in [0.717, 1.165) is 11.3 Å². The second-order valence-electron chi connectivity index (χ2n) is 5.39. The SMILES string of the molecule is Cc1cc(C(C)(C)C)ccc1Oc1cccnn1. The van der Waals surface area contributed by atoms with Crippen LogP contribution in [0.5, 0.6) is 11.6 Å². The molecule has 1 heterocycles. The monoisotopic (exact) mass is 242 g/mol. The van der Waals surface area contributed by atoms with Gasteiger partial charge < -0.3 is 4.74 Å². The molecule has 1 aromatic carbocycles. The highest BCUT2D eigenvalue weighted by atomic mass is 16.5. The number of hydrogen-bond acceptors (Lipinski definition) is 3. The fourth-order valence-electron chi connectivity index (χ4n) is 1.68. The summed E-state index contributed by atoms with van der Waals surface area (Å²) in [6.07, 6.45) is 1.63. The van der Waals surface area contributed by atoms with Gasteiger partial charge in [-0.25, -0.2) is 0 Å². The molecule has 0 amide bonds. The third-order valence-corrected chi connectivity index (χ3v) is 2.80. The molecule has 0 fully saturated rings. The standard InChI is InChI=1S/C15H18N2O/c1-11-10-12(15(2,3)4)7-8-13(11)18-14-6-5-9-16-17-14/h5-10H,1-4H3. The number of ether oxygens (including phenoxy) is 1. The summed E-state index contributed by atoms with van der Waals surface area (Å²) in [6, 6.07) is 9.85. The molecule has 0 spiro atoms. The zero-order valence-corrected chi connectivity index (χ0v) is 11.3. The average Bonchev–Trinajstić information content (AvgIpc) is 2.32. The maximum absolute atomic E-state index is 5.70. The lowest BCUT2D eigenvalue weighted by Crippen LogP contribution is -2.11. The highest BCUT2D eigenvalue weighted by molar-refractivity contribution is 5.40. The molecule has 0 saturated heterocycles. The molecule has 0 aliphatic carbocycles. The second-order valence-corrected chi connectivity index (χ2v) is 5.39. The normalized spacial score (nSPS) is 11.3. The Bertz CT molecular complexity index is 530. The van der Waals surface area contributed by atoms with E-state index in [2.05, 4.69) is 43.1 Å². The number of hydrogen-bond donors (Lipinski definition) is 0. The van der Waals surface area contributed by atoms with Crippen LogP contribution in [0.4, 0.5) is 0 Å². The van der Waals surface area contributed by atoms with Crippen LogP contribution >= 0.6 is 0 Å². The Morgan fingerprint density at radius 2 is 1.89 bits per heavy atom. The maximum Gasteiger partial charge on any atom is 0.238 e. The van der Waals surface area contributed by atoms with Gasteiger partial charge in [0, 0.05) is 12.3 Å². The predicted octanol–water partition coefficient (Wildman–Crippen LogP) is 3.87. The van der Waals surface area contributed by atoms with E-state index in [-0.39, 0.29) is 5.41 Å². The summed E-state index contributed by atoms with van der Waals surface area (Å²) in [7, 11) is 0. The average molecular weight is 242 g/mol. The van der Waals surface area contributed by atoms with Crippen molar-refractivity contribution >= 4 is 0 Å². The molecule has 0 bridgehead atoms. The minimum absolute atomic E-state index is 0.149. The summed E-state index contributed by atoms with van der Waals surface area (Å²) in [5.74, 6) is 1.34. The van der Waals surface area contributed by atoms with Gasteiger partial charge in [-0.05, 0) is 35.6 Å². The smallest absolute Gasteiger partial charge is 0.238 e. The molecule has 0 aliphatic rings. The third-order valence-electron chi connectivity index (χ3n) is 2.80. The van der Waals surface area contributed by atoms with Crippen LogP contribution in [-0.2, 0) is 5.41 Å². The van der Waals surface area contributed by atoms with E-state index in [1.54, 1.807) is 18.3 Å². The molecule has 0 N–H and O–H groups in total. The van der Waals surface area contributed by atoms with Crippen molar-refractivity contribution < 1.29 is 4.74 Å². The number of nitrogens with zero attached hydrogens (tertiary/aromatic N) is 2. The van der Waals surface area contributed by atoms with E-state index in [1.165, 1.54) is 5.56 Å². The molecule has 94 valence electrons. The highest BCUT2D eigenvalue weighted by Crippen LogP contribution is 2.29. The maximum atomic E-state index is 5.70. The van der Waals surface area contributed by atoms with Crippen LogP contribution in [-0.4, -0.2) is 10.2 Å². The molecule has 3 nitrogen and oxygen atoms in total. The quantitative estimate of drug-likeness (QED) is 0.801. The van der Waals surface area contributed by atoms with Crippen molar-refractivity contribution in [3.63, 3.8) is 0 Å². The Morgan fingerprint density at radius 1 is 1.11 bits per heavy atom. The third kappa shape index (κ3) is 2.86. The van der Waals surface area contributed by atoms with E-state index in [0.29, 0.717) is 5.88 Å². The Balaban J connectivity index is 2.26. The summed E-state index contributed by atoms with van der Waals surface area (Å²) in [5.41, 5.74) is 2.55. The molecule has 2 rings (SSSR count). The largest absolute Gasteiger partial charge is 0.437 e. The van der Waals surface area contributed by atoms with Crippen LogP contribution in [0.1, 0.15) is 31.9 Å². The van der Waals surface area contributed by atoms with Crippen LogP contribution < -0.4 is 4.74 Å². The number of rotatable bonds is 2. The van der Waals surface area contributed by atoms with Gasteiger partial charge in [-0.2, -0.15) is 5.10 Å². The first kappa shape index (κ1) is 12.6. The lowest BCUT2D eigenvalue weighted by Gasteiger charge is -2.20. The van der Waals surface area contributed by atoms with E-state index < -0.39 is 0 Å². The lowest BCUT2D eigenvalue weighted by atomic mass is 9.86. The predicted molar refractivity (Wildman–Crippen MR) is 72.0 cm³/mol. The number of aryl methyl sites for hydroxylation is 1. The van der Waals surface area contributed by atoms with Crippen molar-refractivity contribution in [1.82, 2.24) is 10.2 Å². The number of aromatic nitrogens is 2. The van der Waals surface area contributed by atoms with Gasteiger partial charge in [0.2, 0.25) is 5.88 Å². The molecule has 0 saturated carbocycles. The van der Waals surface area contributed by atoms with E-state index in [4.69, 9.17) is 4.74 Å². The van der Waals surface area contributed by atoms with Crippen molar-refractivity contribution in [3.8, 4) is 11.6 Å². The molecular formula is C15H18N2O. The van der Waals surface area contributed by atoms with Crippen molar-refractivity contribution in [2.45, 2.75) is 33.1 Å². The minimum atomic E-state index is 0.149. The highest BCUT2D eigenvalue weighted by Gasteiger charge is 2.15. The zero-order valence-electron chi connectivity index (χ0n) is 11.3. The summed E-state index contributed by atoms with van der Waals surface area (Å²) in [4.78, 5) is 0. The Hall–Kier alpha value is -1.90. The number of benzene rings is 1. The van der Waals surface area contributed by atoms with Crippen LogP contribution in [0.25, 0.3) is 0 Å². The Labute approximate surface area is 108 Å². The van der Waals surface area contributed by atoms with E-state index in [1.807, 2.05) is 13.0 Å². The van der Waals surface area contributed by atoms with Gasteiger partial charge in [0.25, 0.3) is 0 Å². The summed E-state index contributed by atoms with van der Waals surface area (Å²) in [5, 5.41) is 7.71. The molecule has 0 atom stereocenters. The van der Waals surface area contributed by atoms with Gasteiger partial charge in [-0.15, -0.1) is 5.10 Å². The second kappa shape index (κ2) is 4.77. The van der Waals surface area contributed by atoms with Gasteiger partial charge in [0.1, 0.15) is 5.75 Å². The van der Waals surface area contributed by atoms with Gasteiger partial charge in [0.15, 0.2) is 0 Å². The lowest BCUT2D eigenvalue weighted by molar-refractivity contribution is 0.451. The molecule has 18 heavy (non-hydrogen) atoms. The fraction of sp³-hybridized carbons (Fsp3) is 0.333. The van der Waals surface area contributed by atoms with Crippen LogP contribution in [0.3, 0.4) is 0 Å². The zero-order chi connectivity index (χ0) is 13.2. The molecule has 0 unspecified atom stereocenters. The molecule has 1 aromatic heterocycles. The van der Waals surface area contributed by atoms with Crippen molar-refractivity contribution in [3.05, 3.63) is 47.7 Å². The van der Waals surface area contributed by atoms with Gasteiger partial charge in [0.05, 0.1) is 0 Å². The summed E-state index contributed by atoms with van der Waals surface area (Å²) < 4.78 is 5.70.